The van der Waals surface area contributed by atoms with E-state index in [0.29, 0.717) is 4.58 Å². The quantitative estimate of drug-likeness (QED) is 0.0785. The zero-order valence-corrected chi connectivity index (χ0v) is 66.9. The van der Waals surface area contributed by atoms with Crippen molar-refractivity contribution in [2.45, 2.75) is 132 Å². The van der Waals surface area contributed by atoms with Gasteiger partial charge in [0.1, 0.15) is 0 Å². The molecular formula is C73H118Li4N4OS8. The first-order chi connectivity index (χ1) is 41.1. The number of unbranched alkanes of at least 4 members (excludes halogenated alkanes) is 3. The second-order valence-corrected chi connectivity index (χ2v) is 32.6. The third kappa shape index (κ3) is 48.7. The van der Waals surface area contributed by atoms with Crippen LogP contribution in [-0.4, -0.2) is 114 Å². The number of hydrogen-bond acceptors (Lipinski definition) is 13. The minimum Gasteiger partial charge on any atom is -0.394 e. The monoisotopic (exact) mass is 1350 g/mol. The molecule has 0 amide bonds. The summed E-state index contributed by atoms with van der Waals surface area (Å²) in [5.74, 6) is 10.2. The SMILES string of the molecule is C=CC=C.C=CC=C.CC(C)O.CCCC.CN(C)c1ccc(C2(C)SCCCS2)cc1.CN(C)c1ccc(C2SCCCS2)cc1.CN(C)c1ccc([C-]2SCCCS2)cc1.[CH2-]C1(c2ccc(N(C)C)cc2)SCCCS1.[CH2-]CCC.[CH2-]CCC.[Li+].[Li+].[Li+].[Li+]. The Bertz CT molecular complexity index is 2040. The Morgan fingerprint density at radius 3 is 1.06 bits per heavy atom. The molecule has 0 atom stereocenters. The fourth-order valence-corrected chi connectivity index (χ4v) is 18.0. The van der Waals surface area contributed by atoms with E-state index >= 15 is 0 Å². The molecule has 4 aliphatic rings. The molecule has 8 rings (SSSR count). The molecule has 0 aliphatic carbocycles. The van der Waals surface area contributed by atoms with Crippen molar-refractivity contribution in [3.05, 3.63) is 195 Å². The average molecular weight is 1350 g/mol. The van der Waals surface area contributed by atoms with Gasteiger partial charge in [0.25, 0.3) is 0 Å². The van der Waals surface area contributed by atoms with Gasteiger partial charge in [0.15, 0.2) is 0 Å². The van der Waals surface area contributed by atoms with E-state index in [9.17, 15) is 0 Å². The van der Waals surface area contributed by atoms with Crippen LogP contribution in [0.2, 0.25) is 0 Å². The van der Waals surface area contributed by atoms with Crippen LogP contribution in [0.25, 0.3) is 0 Å². The molecule has 488 valence electrons. The largest absolute Gasteiger partial charge is 1.00 e. The van der Waals surface area contributed by atoms with E-state index in [-0.39, 0.29) is 89.7 Å². The minimum atomic E-state index is -0.167. The summed E-state index contributed by atoms with van der Waals surface area (Å²) in [5, 5.41) is 8.06. The summed E-state index contributed by atoms with van der Waals surface area (Å²) in [6.07, 6.45) is 18.9. The number of nitrogens with zero attached hydrogens (tertiary/aromatic N) is 4. The van der Waals surface area contributed by atoms with E-state index in [2.05, 4.69) is 302 Å². The van der Waals surface area contributed by atoms with Crippen LogP contribution in [0.5, 0.6) is 0 Å². The van der Waals surface area contributed by atoms with E-state index in [4.69, 9.17) is 5.11 Å². The van der Waals surface area contributed by atoms with E-state index in [1.165, 1.54) is 147 Å². The van der Waals surface area contributed by atoms with Gasteiger partial charge in [-0.1, -0.05) is 163 Å². The number of aliphatic hydroxyl groups excluding tert-OH is 1. The molecule has 1 N–H and O–H groups in total. The van der Waals surface area contributed by atoms with Crippen LogP contribution in [0, 0.1) is 25.4 Å². The van der Waals surface area contributed by atoms with Gasteiger partial charge in [-0.3, -0.25) is 0 Å². The predicted octanol–water partition coefficient (Wildman–Crippen LogP) is 10.7. The van der Waals surface area contributed by atoms with Crippen molar-refractivity contribution in [2.24, 2.45) is 0 Å². The Hall–Kier alpha value is 0.0596. The zero-order chi connectivity index (χ0) is 65.2. The molecule has 0 aromatic heterocycles. The van der Waals surface area contributed by atoms with Gasteiger partial charge in [-0.05, 0) is 144 Å². The molecule has 4 aromatic rings. The predicted molar refractivity (Wildman–Crippen MR) is 420 cm³/mol. The fourth-order valence-electron chi connectivity index (χ4n) is 6.72. The van der Waals surface area contributed by atoms with Gasteiger partial charge in [-0.2, -0.15) is 77.6 Å². The van der Waals surface area contributed by atoms with Crippen molar-refractivity contribution in [2.75, 3.05) is 122 Å². The van der Waals surface area contributed by atoms with Crippen LogP contribution < -0.4 is 95.0 Å². The van der Waals surface area contributed by atoms with Gasteiger partial charge in [0.05, 0.1) is 8.66 Å². The third-order valence-corrected chi connectivity index (χ3v) is 24.2. The second kappa shape index (κ2) is 65.0. The minimum absolute atomic E-state index is 0. The molecule has 0 unspecified atom stereocenters. The molecule has 0 spiro atoms. The summed E-state index contributed by atoms with van der Waals surface area (Å²) in [6, 6.07) is 35.6. The zero-order valence-electron chi connectivity index (χ0n) is 60.4. The standard InChI is InChI=1S/C13H19NS2.C13H18NS2.C12H17NS2.C12H16NS2.C4H10.2C4H9.2C4H6.C3H8O.4Li/c2*1-13(15-9-4-10-16-13)11-5-7-12(8-6-11)14(2)3;2*1-13(2)11-6-4-10(5-7-11)12-14-8-3-9-15-12;5*1-3-4-2;1-3(2)4;;;;/h5-8H,4,9-10H2,1-3H3;5-8H,1,4,9-10H2,2-3H3;4-7,12H,3,8-9H2,1-2H3;4-7H,3,8-9H2,1-2H3;3-4H2,1-2H3;2*1,3-4H2,2H3;2*3-4H,1-2H2;3-4H,1-2H3;;;;/q;-1;;-1;;2*-1;;;;4*+1. The smallest absolute Gasteiger partial charge is 0.394 e. The molecule has 5 nitrogen and oxygen atoms in total. The van der Waals surface area contributed by atoms with Crippen molar-refractivity contribution >= 4 is 117 Å². The number of thioether (sulfide) groups is 8. The number of anilines is 4. The number of benzene rings is 4. The van der Waals surface area contributed by atoms with Crippen molar-refractivity contribution in [3.63, 3.8) is 0 Å². The van der Waals surface area contributed by atoms with Crippen molar-refractivity contribution in [1.82, 2.24) is 0 Å². The van der Waals surface area contributed by atoms with E-state index in [1.54, 1.807) is 38.2 Å². The second-order valence-electron chi connectivity index (χ2n) is 21.1. The van der Waals surface area contributed by atoms with Gasteiger partial charge < -0.3 is 45.5 Å². The molecule has 0 saturated carbocycles. The first-order valence-corrected chi connectivity index (χ1v) is 38.7. The molecule has 90 heavy (non-hydrogen) atoms. The first-order valence-electron chi connectivity index (χ1n) is 30.7. The van der Waals surface area contributed by atoms with Crippen LogP contribution in [-0.2, 0) is 8.16 Å². The molecule has 4 aromatic carbocycles. The maximum Gasteiger partial charge on any atom is 1.00 e. The summed E-state index contributed by atoms with van der Waals surface area (Å²) in [4.78, 5) is 8.55. The Kier molecular flexibility index (Phi) is 73.0. The molecule has 0 bridgehead atoms. The number of rotatable bonds is 13. The van der Waals surface area contributed by atoms with Crippen LogP contribution in [0.15, 0.2) is 148 Å². The van der Waals surface area contributed by atoms with Crippen LogP contribution >= 0.6 is 94.1 Å². The van der Waals surface area contributed by atoms with Gasteiger partial charge in [-0.25, -0.2) is 0 Å². The maximum absolute atomic E-state index is 8.06. The summed E-state index contributed by atoms with van der Waals surface area (Å²) in [6.45, 7) is 39.4. The normalized spacial score (nSPS) is 14.5. The van der Waals surface area contributed by atoms with E-state index < -0.39 is 0 Å². The summed E-state index contributed by atoms with van der Waals surface area (Å²) in [5.41, 5.74) is 10.7. The Balaban J connectivity index is -0.000000230. The van der Waals surface area contributed by atoms with Gasteiger partial charge in [0.2, 0.25) is 0 Å². The molecule has 0 radical (unpaired) electrons. The fraction of sp³-hybridized carbons (Fsp3) is 0.507. The Morgan fingerprint density at radius 2 is 0.756 bits per heavy atom. The summed E-state index contributed by atoms with van der Waals surface area (Å²) < 4.78 is 2.44. The van der Waals surface area contributed by atoms with E-state index in [1.807, 2.05) is 47.0 Å². The molecule has 4 heterocycles. The van der Waals surface area contributed by atoms with Crippen molar-refractivity contribution in [1.29, 1.82) is 0 Å². The number of allylic oxidation sites excluding steroid dienone is 4. The third-order valence-electron chi connectivity index (χ3n) is 12.2. The molecule has 4 aliphatic heterocycles. The van der Waals surface area contributed by atoms with Gasteiger partial charge in [-0.15, -0.1) is 47.0 Å². The first kappa shape index (κ1) is 101. The van der Waals surface area contributed by atoms with Gasteiger partial charge >= 0.3 is 75.4 Å². The van der Waals surface area contributed by atoms with Crippen molar-refractivity contribution < 1.29 is 80.5 Å². The molecule has 17 heteroatoms. The van der Waals surface area contributed by atoms with Crippen LogP contribution in [0.3, 0.4) is 0 Å². The Morgan fingerprint density at radius 1 is 0.478 bits per heavy atom. The van der Waals surface area contributed by atoms with Crippen LogP contribution in [0.4, 0.5) is 22.7 Å². The van der Waals surface area contributed by atoms with E-state index in [0.717, 1.165) is 12.8 Å². The van der Waals surface area contributed by atoms with Crippen LogP contribution in [0.1, 0.15) is 140 Å². The Labute approximate surface area is 639 Å². The van der Waals surface area contributed by atoms with Gasteiger partial charge in [0, 0.05) is 85.2 Å². The molecule has 4 saturated heterocycles. The average Bonchev–Trinajstić information content (AvgIpc) is 2.43. The maximum atomic E-state index is 8.06. The molecule has 4 fully saturated rings. The molecular weight excluding hydrogens is 1230 g/mol. The number of hydrogen-bond donors (Lipinski definition) is 1. The summed E-state index contributed by atoms with van der Waals surface area (Å²) in [7, 11) is 16.6. The summed E-state index contributed by atoms with van der Waals surface area (Å²) >= 11 is 16.3. The van der Waals surface area contributed by atoms with Crippen molar-refractivity contribution in [3.8, 4) is 0 Å². The topological polar surface area (TPSA) is 33.2 Å². The number of aliphatic hydroxyl groups is 1.